The minimum Gasteiger partial charge on any atom is -0.497 e. The molecule has 0 aromatic heterocycles. The predicted octanol–water partition coefficient (Wildman–Crippen LogP) is 4.46. The fraction of sp³-hybridized carbons (Fsp3) is 0.222. The number of anilines is 1. The van der Waals surface area contributed by atoms with Gasteiger partial charge < -0.3 is 10.1 Å². The highest BCUT2D eigenvalue weighted by Crippen LogP contribution is 2.13. The molecule has 0 spiro atoms. The van der Waals surface area contributed by atoms with Gasteiger partial charge in [0, 0.05) is 12.2 Å². The van der Waals surface area contributed by atoms with Gasteiger partial charge in [0.2, 0.25) is 0 Å². The lowest BCUT2D eigenvalue weighted by atomic mass is 10.1. The Balaban J connectivity index is 1.83. The van der Waals surface area contributed by atoms with E-state index in [-0.39, 0.29) is 0 Å². The predicted molar refractivity (Wildman–Crippen MR) is 86.1 cm³/mol. The van der Waals surface area contributed by atoms with E-state index in [0.717, 1.165) is 18.0 Å². The number of hydrogen-bond acceptors (Lipinski definition) is 2. The summed E-state index contributed by atoms with van der Waals surface area (Å²) in [5.74, 6) is 1.36. The quantitative estimate of drug-likeness (QED) is 0.834. The molecule has 0 heterocycles. The summed E-state index contributed by atoms with van der Waals surface area (Å²) in [6, 6.07) is 18.4. The molecule has 0 saturated carbocycles. The van der Waals surface area contributed by atoms with Crippen LogP contribution >= 0.6 is 0 Å². The second-order valence-corrected chi connectivity index (χ2v) is 4.86. The molecule has 20 heavy (non-hydrogen) atoms. The number of nitrogens with one attached hydrogen (secondary N) is 1. The highest BCUT2D eigenvalue weighted by molar-refractivity contribution is 5.51. The maximum atomic E-state index is 5.15. The molecule has 0 radical (unpaired) electrons. The second kappa shape index (κ2) is 7.39. The first-order valence-corrected chi connectivity index (χ1v) is 6.89. The van der Waals surface area contributed by atoms with Gasteiger partial charge in [-0.25, -0.2) is 0 Å². The van der Waals surface area contributed by atoms with Gasteiger partial charge in [-0.15, -0.1) is 0 Å². The van der Waals surface area contributed by atoms with E-state index < -0.39 is 0 Å². The van der Waals surface area contributed by atoms with Crippen LogP contribution in [0.5, 0.6) is 5.75 Å². The number of hydrogen-bond donors (Lipinski definition) is 1. The molecule has 0 saturated heterocycles. The second-order valence-electron chi connectivity index (χ2n) is 4.86. The Bertz CT molecular complexity index is 531. The van der Waals surface area contributed by atoms with E-state index in [1.165, 1.54) is 5.56 Å². The van der Waals surface area contributed by atoms with Gasteiger partial charge in [-0.05, 0) is 35.7 Å². The molecule has 0 aliphatic rings. The van der Waals surface area contributed by atoms with Crippen LogP contribution in [-0.2, 0) is 0 Å². The van der Waals surface area contributed by atoms with Crippen molar-refractivity contribution in [1.29, 1.82) is 0 Å². The highest BCUT2D eigenvalue weighted by Gasteiger charge is 1.97. The monoisotopic (exact) mass is 267 g/mol. The summed E-state index contributed by atoms with van der Waals surface area (Å²) in [6.45, 7) is 3.13. The van der Waals surface area contributed by atoms with Crippen LogP contribution in [0.3, 0.4) is 0 Å². The normalized spacial score (nSPS) is 12.3. The van der Waals surface area contributed by atoms with E-state index in [2.05, 4.69) is 48.7 Å². The number of para-hydroxylation sites is 1. The van der Waals surface area contributed by atoms with E-state index in [1.54, 1.807) is 7.11 Å². The van der Waals surface area contributed by atoms with Crippen molar-refractivity contribution in [3.8, 4) is 5.75 Å². The van der Waals surface area contributed by atoms with Gasteiger partial charge in [0.1, 0.15) is 5.75 Å². The fourth-order valence-electron chi connectivity index (χ4n) is 1.89. The molecule has 1 unspecified atom stereocenters. The van der Waals surface area contributed by atoms with Crippen molar-refractivity contribution in [1.82, 2.24) is 0 Å². The molecule has 0 fully saturated rings. The van der Waals surface area contributed by atoms with Crippen LogP contribution < -0.4 is 10.1 Å². The maximum Gasteiger partial charge on any atom is 0.118 e. The zero-order chi connectivity index (χ0) is 14.2. The van der Waals surface area contributed by atoms with E-state index in [1.807, 2.05) is 30.3 Å². The Morgan fingerprint density at radius 1 is 1.05 bits per heavy atom. The van der Waals surface area contributed by atoms with Crippen molar-refractivity contribution in [2.45, 2.75) is 6.92 Å². The molecule has 2 aromatic rings. The number of benzene rings is 2. The average Bonchev–Trinajstić information content (AvgIpc) is 2.52. The van der Waals surface area contributed by atoms with Crippen molar-refractivity contribution >= 4 is 11.8 Å². The molecule has 104 valence electrons. The van der Waals surface area contributed by atoms with Crippen molar-refractivity contribution in [2.24, 2.45) is 5.92 Å². The fourth-order valence-corrected chi connectivity index (χ4v) is 1.89. The summed E-state index contributed by atoms with van der Waals surface area (Å²) >= 11 is 0. The summed E-state index contributed by atoms with van der Waals surface area (Å²) in [5.41, 5.74) is 2.36. The van der Waals surface area contributed by atoms with Crippen LogP contribution in [0.2, 0.25) is 0 Å². The molecule has 2 rings (SSSR count). The van der Waals surface area contributed by atoms with E-state index in [0.29, 0.717) is 5.92 Å². The van der Waals surface area contributed by atoms with Crippen molar-refractivity contribution in [3.63, 3.8) is 0 Å². The molecule has 0 amide bonds. The van der Waals surface area contributed by atoms with Crippen molar-refractivity contribution < 1.29 is 4.74 Å². The third kappa shape index (κ3) is 4.47. The van der Waals surface area contributed by atoms with Crippen LogP contribution in [-0.4, -0.2) is 13.7 Å². The summed E-state index contributed by atoms with van der Waals surface area (Å²) in [7, 11) is 1.68. The molecule has 2 nitrogen and oxygen atoms in total. The molecular weight excluding hydrogens is 246 g/mol. The summed E-state index contributed by atoms with van der Waals surface area (Å²) in [4.78, 5) is 0. The van der Waals surface area contributed by atoms with Crippen LogP contribution in [0.15, 0.2) is 60.7 Å². The molecule has 0 aliphatic carbocycles. The maximum absolute atomic E-state index is 5.15. The van der Waals surface area contributed by atoms with Gasteiger partial charge in [0.05, 0.1) is 7.11 Å². The molecule has 0 aliphatic heterocycles. The van der Waals surface area contributed by atoms with Crippen molar-refractivity contribution in [2.75, 3.05) is 19.0 Å². The first-order chi connectivity index (χ1) is 9.78. The van der Waals surface area contributed by atoms with Crippen LogP contribution in [0.4, 0.5) is 5.69 Å². The Morgan fingerprint density at radius 2 is 1.75 bits per heavy atom. The largest absolute Gasteiger partial charge is 0.497 e. The zero-order valence-electron chi connectivity index (χ0n) is 12.0. The summed E-state index contributed by atoms with van der Waals surface area (Å²) in [5, 5.41) is 3.43. The summed E-state index contributed by atoms with van der Waals surface area (Å²) < 4.78 is 5.15. The van der Waals surface area contributed by atoms with E-state index in [4.69, 9.17) is 4.74 Å². The van der Waals surface area contributed by atoms with Crippen LogP contribution in [0, 0.1) is 5.92 Å². The minimum absolute atomic E-state index is 0.470. The third-order valence-electron chi connectivity index (χ3n) is 3.13. The molecule has 2 heteroatoms. The van der Waals surface area contributed by atoms with Gasteiger partial charge >= 0.3 is 0 Å². The average molecular weight is 267 g/mol. The zero-order valence-corrected chi connectivity index (χ0v) is 12.0. The topological polar surface area (TPSA) is 21.3 Å². The molecule has 0 bridgehead atoms. The van der Waals surface area contributed by atoms with Gasteiger partial charge in [0.25, 0.3) is 0 Å². The van der Waals surface area contributed by atoms with Crippen molar-refractivity contribution in [3.05, 3.63) is 66.2 Å². The number of methoxy groups -OCH3 is 1. The lowest BCUT2D eigenvalue weighted by Gasteiger charge is -2.09. The van der Waals surface area contributed by atoms with Gasteiger partial charge in [0.15, 0.2) is 0 Å². The van der Waals surface area contributed by atoms with E-state index >= 15 is 0 Å². The van der Waals surface area contributed by atoms with E-state index in [9.17, 15) is 0 Å². The Kier molecular flexibility index (Phi) is 5.24. The smallest absolute Gasteiger partial charge is 0.118 e. The van der Waals surface area contributed by atoms with Crippen LogP contribution in [0.25, 0.3) is 6.08 Å². The highest BCUT2D eigenvalue weighted by atomic mass is 16.5. The lowest BCUT2D eigenvalue weighted by molar-refractivity contribution is 0.415. The first kappa shape index (κ1) is 14.2. The molecule has 2 aromatic carbocycles. The Morgan fingerprint density at radius 3 is 2.40 bits per heavy atom. The Hall–Kier alpha value is -2.22. The Labute approximate surface area is 121 Å². The standard InChI is InChI=1S/C18H21NO/c1-15(14-19-17-6-4-3-5-7-17)8-9-16-10-12-18(20-2)13-11-16/h3-13,15,19H,14H2,1-2H3/b9-8+. The summed E-state index contributed by atoms with van der Waals surface area (Å²) in [6.07, 6.45) is 4.37. The lowest BCUT2D eigenvalue weighted by Crippen LogP contribution is -2.08. The number of rotatable bonds is 6. The SMILES string of the molecule is COc1ccc(/C=C/C(C)CNc2ccccc2)cc1. The number of ether oxygens (including phenoxy) is 1. The van der Waals surface area contributed by atoms with Gasteiger partial charge in [-0.2, -0.15) is 0 Å². The third-order valence-corrected chi connectivity index (χ3v) is 3.13. The molecule has 1 atom stereocenters. The van der Waals surface area contributed by atoms with Gasteiger partial charge in [-0.1, -0.05) is 49.4 Å². The molecule has 1 N–H and O–H groups in total. The first-order valence-electron chi connectivity index (χ1n) is 6.89. The van der Waals surface area contributed by atoms with Gasteiger partial charge in [-0.3, -0.25) is 0 Å². The minimum atomic E-state index is 0.470. The molecular formula is C18H21NO. The van der Waals surface area contributed by atoms with Crippen LogP contribution in [0.1, 0.15) is 12.5 Å².